The number of carbonyl (C=O) groups excluding carboxylic acids is 1. The number of rotatable bonds is 3. The van der Waals surface area contributed by atoms with Gasteiger partial charge in [0.2, 0.25) is 0 Å². The molecule has 2 aromatic rings. The fourth-order valence-electron chi connectivity index (χ4n) is 3.47. The zero-order chi connectivity index (χ0) is 18.7. The first-order valence-electron chi connectivity index (χ1n) is 8.88. The minimum Gasteiger partial charge on any atom is -0.465 e. The molecule has 2 atom stereocenters. The Labute approximate surface area is 164 Å². The van der Waals surface area contributed by atoms with E-state index in [1.54, 1.807) is 0 Å². The van der Waals surface area contributed by atoms with E-state index in [4.69, 9.17) is 17.0 Å². The van der Waals surface area contributed by atoms with Gasteiger partial charge in [0.15, 0.2) is 5.11 Å². The standard InChI is InChI=1S/C20H24N2O2S2/c1-13-8-7-9-14(2)22(13)20(25)21-18-16(19(23)24-3)12-17(26-18)15-10-5-4-6-11-15/h4-6,10-14H,7-9H2,1-3H3,(H,21,25)/t13-,14-/m1/s1. The highest BCUT2D eigenvalue weighted by Crippen LogP contribution is 2.36. The first-order valence-corrected chi connectivity index (χ1v) is 10.1. The Balaban J connectivity index is 1.89. The van der Waals surface area contributed by atoms with Gasteiger partial charge in [0.05, 0.1) is 12.7 Å². The van der Waals surface area contributed by atoms with Crippen LogP contribution in [0.3, 0.4) is 0 Å². The van der Waals surface area contributed by atoms with Crippen LogP contribution >= 0.6 is 23.6 Å². The lowest BCUT2D eigenvalue weighted by Gasteiger charge is -2.40. The van der Waals surface area contributed by atoms with Crippen LogP contribution in [0, 0.1) is 0 Å². The molecule has 0 amide bonds. The Kier molecular flexibility index (Phi) is 5.94. The lowest BCUT2D eigenvalue weighted by Crippen LogP contribution is -2.49. The summed E-state index contributed by atoms with van der Waals surface area (Å²) in [4.78, 5) is 15.5. The van der Waals surface area contributed by atoms with Gasteiger partial charge in [-0.2, -0.15) is 0 Å². The number of hydrogen-bond donors (Lipinski definition) is 1. The first-order chi connectivity index (χ1) is 12.5. The zero-order valence-corrected chi connectivity index (χ0v) is 17.0. The van der Waals surface area contributed by atoms with Crippen molar-refractivity contribution in [2.24, 2.45) is 0 Å². The van der Waals surface area contributed by atoms with Crippen LogP contribution in [0.2, 0.25) is 0 Å². The molecule has 2 heterocycles. The van der Waals surface area contributed by atoms with Crippen LogP contribution in [-0.4, -0.2) is 35.2 Å². The van der Waals surface area contributed by atoms with Gasteiger partial charge in [0, 0.05) is 17.0 Å². The molecular formula is C20H24N2O2S2. The van der Waals surface area contributed by atoms with E-state index in [9.17, 15) is 4.79 Å². The molecule has 1 aromatic carbocycles. The molecule has 0 unspecified atom stereocenters. The fourth-order valence-corrected chi connectivity index (χ4v) is 5.05. The molecule has 0 saturated carbocycles. The van der Waals surface area contributed by atoms with Gasteiger partial charge < -0.3 is 15.0 Å². The van der Waals surface area contributed by atoms with E-state index in [1.165, 1.54) is 24.9 Å². The van der Waals surface area contributed by atoms with Crippen molar-refractivity contribution in [3.63, 3.8) is 0 Å². The number of ether oxygens (including phenoxy) is 1. The Bertz CT molecular complexity index is 778. The maximum Gasteiger partial charge on any atom is 0.340 e. The van der Waals surface area contributed by atoms with Crippen LogP contribution in [-0.2, 0) is 4.74 Å². The molecule has 6 heteroatoms. The van der Waals surface area contributed by atoms with E-state index in [1.807, 2.05) is 36.4 Å². The number of thiocarbonyl (C=S) groups is 1. The number of methoxy groups -OCH3 is 1. The number of anilines is 1. The van der Waals surface area contributed by atoms with Gasteiger partial charge in [0.25, 0.3) is 0 Å². The number of nitrogens with one attached hydrogen (secondary N) is 1. The maximum absolute atomic E-state index is 12.3. The van der Waals surface area contributed by atoms with E-state index >= 15 is 0 Å². The van der Waals surface area contributed by atoms with Gasteiger partial charge in [-0.1, -0.05) is 30.3 Å². The van der Waals surface area contributed by atoms with Crippen LogP contribution in [0.15, 0.2) is 36.4 Å². The molecule has 4 nitrogen and oxygen atoms in total. The number of thiophene rings is 1. The van der Waals surface area contributed by atoms with Gasteiger partial charge in [-0.05, 0) is 57.0 Å². The smallest absolute Gasteiger partial charge is 0.340 e. The predicted molar refractivity (Wildman–Crippen MR) is 112 cm³/mol. The van der Waals surface area contributed by atoms with Crippen molar-refractivity contribution in [3.8, 4) is 10.4 Å². The Morgan fingerprint density at radius 1 is 1.23 bits per heavy atom. The molecule has 0 aliphatic carbocycles. The summed E-state index contributed by atoms with van der Waals surface area (Å²) in [6, 6.07) is 12.7. The molecule has 0 spiro atoms. The van der Waals surface area contributed by atoms with Crippen molar-refractivity contribution in [1.29, 1.82) is 0 Å². The second kappa shape index (κ2) is 8.18. The number of carbonyl (C=O) groups is 1. The molecule has 3 rings (SSSR count). The van der Waals surface area contributed by atoms with Crippen molar-refractivity contribution in [1.82, 2.24) is 4.90 Å². The molecule has 1 fully saturated rings. The van der Waals surface area contributed by atoms with Crippen molar-refractivity contribution in [2.45, 2.75) is 45.2 Å². The minimum absolute atomic E-state index is 0.353. The highest BCUT2D eigenvalue weighted by Gasteiger charge is 2.28. The lowest BCUT2D eigenvalue weighted by atomic mass is 9.98. The monoisotopic (exact) mass is 388 g/mol. The molecule has 0 bridgehead atoms. The summed E-state index contributed by atoms with van der Waals surface area (Å²) in [5.74, 6) is -0.353. The van der Waals surface area contributed by atoms with E-state index in [-0.39, 0.29) is 5.97 Å². The van der Waals surface area contributed by atoms with Crippen molar-refractivity contribution in [3.05, 3.63) is 42.0 Å². The van der Waals surface area contributed by atoms with Crippen LogP contribution in [0.1, 0.15) is 43.5 Å². The van der Waals surface area contributed by atoms with Gasteiger partial charge >= 0.3 is 5.97 Å². The number of likely N-dealkylation sites (tertiary alicyclic amines) is 1. The molecule has 26 heavy (non-hydrogen) atoms. The highest BCUT2D eigenvalue weighted by atomic mass is 32.1. The quantitative estimate of drug-likeness (QED) is 0.581. The molecular weight excluding hydrogens is 364 g/mol. The largest absolute Gasteiger partial charge is 0.465 e. The number of hydrogen-bond acceptors (Lipinski definition) is 4. The molecule has 1 aromatic heterocycles. The summed E-state index contributed by atoms with van der Waals surface area (Å²) in [6.45, 7) is 4.41. The van der Waals surface area contributed by atoms with Crippen LogP contribution in [0.25, 0.3) is 10.4 Å². The van der Waals surface area contributed by atoms with Crippen molar-refractivity contribution in [2.75, 3.05) is 12.4 Å². The molecule has 1 aliphatic rings. The molecule has 138 valence electrons. The van der Waals surface area contributed by atoms with Crippen LogP contribution in [0.5, 0.6) is 0 Å². The number of benzene rings is 1. The second-order valence-electron chi connectivity index (χ2n) is 6.68. The lowest BCUT2D eigenvalue weighted by molar-refractivity contribution is 0.0602. The zero-order valence-electron chi connectivity index (χ0n) is 15.3. The van der Waals surface area contributed by atoms with Crippen LogP contribution in [0.4, 0.5) is 5.00 Å². The SMILES string of the molecule is COC(=O)c1cc(-c2ccccc2)sc1NC(=S)N1[C@H](C)CCC[C@H]1C. The molecule has 0 radical (unpaired) electrons. The fraction of sp³-hybridized carbons (Fsp3) is 0.400. The maximum atomic E-state index is 12.3. The Morgan fingerprint density at radius 2 is 1.88 bits per heavy atom. The third-order valence-electron chi connectivity index (χ3n) is 4.84. The molecule has 1 N–H and O–H groups in total. The normalized spacial score (nSPS) is 19.9. The summed E-state index contributed by atoms with van der Waals surface area (Å²) >= 11 is 7.21. The summed E-state index contributed by atoms with van der Waals surface area (Å²) in [5.41, 5.74) is 1.59. The van der Waals surface area contributed by atoms with Gasteiger partial charge in [-0.25, -0.2) is 4.79 Å². The number of nitrogens with zero attached hydrogens (tertiary/aromatic N) is 1. The van der Waals surface area contributed by atoms with E-state index in [0.717, 1.165) is 28.3 Å². The predicted octanol–water partition coefficient (Wildman–Crippen LogP) is 5.16. The first kappa shape index (κ1) is 18.9. The Morgan fingerprint density at radius 3 is 2.50 bits per heavy atom. The third kappa shape index (κ3) is 3.91. The highest BCUT2D eigenvalue weighted by molar-refractivity contribution is 7.80. The van der Waals surface area contributed by atoms with E-state index < -0.39 is 0 Å². The van der Waals surface area contributed by atoms with E-state index in [2.05, 4.69) is 24.1 Å². The second-order valence-corrected chi connectivity index (χ2v) is 8.12. The summed E-state index contributed by atoms with van der Waals surface area (Å²) in [7, 11) is 1.40. The van der Waals surface area contributed by atoms with E-state index in [0.29, 0.717) is 22.8 Å². The van der Waals surface area contributed by atoms with Gasteiger partial charge in [0.1, 0.15) is 5.00 Å². The average molecular weight is 389 g/mol. The average Bonchev–Trinajstić information content (AvgIpc) is 3.05. The molecule has 1 saturated heterocycles. The summed E-state index contributed by atoms with van der Waals surface area (Å²) < 4.78 is 4.97. The topological polar surface area (TPSA) is 41.6 Å². The van der Waals surface area contributed by atoms with Crippen molar-refractivity contribution >= 4 is 39.6 Å². The minimum atomic E-state index is -0.353. The third-order valence-corrected chi connectivity index (χ3v) is 6.26. The summed E-state index contributed by atoms with van der Waals surface area (Å²) in [6.07, 6.45) is 3.50. The summed E-state index contributed by atoms with van der Waals surface area (Å²) in [5, 5.41) is 4.74. The number of esters is 1. The van der Waals surface area contributed by atoms with Crippen molar-refractivity contribution < 1.29 is 9.53 Å². The van der Waals surface area contributed by atoms with Crippen LogP contribution < -0.4 is 5.32 Å². The molecule has 1 aliphatic heterocycles. The van der Waals surface area contributed by atoms with Gasteiger partial charge in [-0.15, -0.1) is 11.3 Å². The van der Waals surface area contributed by atoms with Gasteiger partial charge in [-0.3, -0.25) is 0 Å². The number of piperidine rings is 1. The Hall–Kier alpha value is -1.92.